The Morgan fingerprint density at radius 2 is 2.18 bits per heavy atom. The lowest BCUT2D eigenvalue weighted by Gasteiger charge is -2.16. The minimum Gasteiger partial charge on any atom is -0.380 e. The maximum absolute atomic E-state index is 11.8. The lowest BCUT2D eigenvalue weighted by atomic mass is 10.1. The van der Waals surface area contributed by atoms with Crippen molar-refractivity contribution >= 4 is 11.6 Å². The Balaban J connectivity index is 2.13. The molecule has 2 rings (SSSR count). The minimum atomic E-state index is 0.0427. The summed E-state index contributed by atoms with van der Waals surface area (Å²) in [5, 5.41) is 0. The fourth-order valence-electron chi connectivity index (χ4n) is 2.01. The van der Waals surface area contributed by atoms with E-state index < -0.39 is 0 Å². The van der Waals surface area contributed by atoms with Crippen molar-refractivity contribution in [1.29, 1.82) is 0 Å². The molecular weight excluding hydrogens is 214 g/mol. The first kappa shape index (κ1) is 11.7. The molecule has 1 fully saturated rings. The first-order chi connectivity index (χ1) is 8.24. The van der Waals surface area contributed by atoms with E-state index in [2.05, 4.69) is 5.92 Å². The van der Waals surface area contributed by atoms with Gasteiger partial charge in [-0.15, -0.1) is 12.3 Å². The van der Waals surface area contributed by atoms with E-state index in [1.54, 1.807) is 12.0 Å². The highest BCUT2D eigenvalue weighted by Gasteiger charge is 2.29. The van der Waals surface area contributed by atoms with Crippen molar-refractivity contribution in [1.82, 2.24) is 0 Å². The summed E-state index contributed by atoms with van der Waals surface area (Å²) in [6.07, 6.45) is 5.81. The van der Waals surface area contributed by atoms with Gasteiger partial charge in [-0.1, -0.05) is 12.1 Å². The second-order valence-electron chi connectivity index (χ2n) is 4.17. The van der Waals surface area contributed by atoms with Gasteiger partial charge in [-0.25, -0.2) is 0 Å². The van der Waals surface area contributed by atoms with E-state index >= 15 is 0 Å². The molecule has 1 heterocycles. The molecular formula is C14H15NO2. The number of anilines is 1. The lowest BCUT2D eigenvalue weighted by Crippen LogP contribution is -2.24. The van der Waals surface area contributed by atoms with Gasteiger partial charge in [0.15, 0.2) is 0 Å². The number of methoxy groups -OCH3 is 1. The van der Waals surface area contributed by atoms with E-state index in [1.165, 1.54) is 0 Å². The van der Waals surface area contributed by atoms with Crippen molar-refractivity contribution in [3.63, 3.8) is 0 Å². The van der Waals surface area contributed by atoms with Crippen LogP contribution >= 0.6 is 0 Å². The van der Waals surface area contributed by atoms with Crippen LogP contribution in [0.2, 0.25) is 0 Å². The Kier molecular flexibility index (Phi) is 3.46. The molecule has 1 unspecified atom stereocenters. The van der Waals surface area contributed by atoms with Crippen molar-refractivity contribution in [2.24, 2.45) is 5.92 Å². The normalized spacial score (nSPS) is 19.4. The van der Waals surface area contributed by atoms with Crippen molar-refractivity contribution < 1.29 is 9.53 Å². The van der Waals surface area contributed by atoms with Gasteiger partial charge in [0.2, 0.25) is 5.91 Å². The van der Waals surface area contributed by atoms with Gasteiger partial charge in [0, 0.05) is 31.7 Å². The maximum atomic E-state index is 11.8. The van der Waals surface area contributed by atoms with Gasteiger partial charge in [-0.05, 0) is 17.7 Å². The van der Waals surface area contributed by atoms with Crippen LogP contribution in [0.15, 0.2) is 24.3 Å². The Labute approximate surface area is 101 Å². The SMILES string of the molecule is C#CC1CC(=O)N(c2ccc(COC)cc2)C1. The Morgan fingerprint density at radius 1 is 1.47 bits per heavy atom. The average molecular weight is 229 g/mol. The molecule has 1 aromatic rings. The molecule has 0 bridgehead atoms. The monoisotopic (exact) mass is 229 g/mol. The van der Waals surface area contributed by atoms with E-state index in [1.807, 2.05) is 24.3 Å². The highest BCUT2D eigenvalue weighted by atomic mass is 16.5. The van der Waals surface area contributed by atoms with Crippen LogP contribution in [-0.2, 0) is 16.1 Å². The molecule has 0 aliphatic carbocycles. The quantitative estimate of drug-likeness (QED) is 0.740. The van der Waals surface area contributed by atoms with Crippen LogP contribution in [0.1, 0.15) is 12.0 Å². The van der Waals surface area contributed by atoms with E-state index in [0.717, 1.165) is 11.3 Å². The molecule has 0 spiro atoms. The topological polar surface area (TPSA) is 29.5 Å². The molecule has 0 N–H and O–H groups in total. The zero-order valence-corrected chi connectivity index (χ0v) is 9.85. The van der Waals surface area contributed by atoms with Crippen LogP contribution in [0.25, 0.3) is 0 Å². The van der Waals surface area contributed by atoms with Gasteiger partial charge in [0.05, 0.1) is 6.61 Å². The molecule has 1 atom stereocenters. The predicted molar refractivity (Wildman–Crippen MR) is 66.4 cm³/mol. The number of carbonyl (C=O) groups excluding carboxylic acids is 1. The number of hydrogen-bond donors (Lipinski definition) is 0. The van der Waals surface area contributed by atoms with Crippen LogP contribution < -0.4 is 4.90 Å². The lowest BCUT2D eigenvalue weighted by molar-refractivity contribution is -0.117. The maximum Gasteiger partial charge on any atom is 0.228 e. The smallest absolute Gasteiger partial charge is 0.228 e. The molecule has 1 aliphatic rings. The third-order valence-corrected chi connectivity index (χ3v) is 2.92. The largest absolute Gasteiger partial charge is 0.380 e. The number of benzene rings is 1. The highest BCUT2D eigenvalue weighted by Crippen LogP contribution is 2.24. The Bertz CT molecular complexity index is 444. The van der Waals surface area contributed by atoms with Gasteiger partial charge in [-0.3, -0.25) is 4.79 Å². The average Bonchev–Trinajstić information content (AvgIpc) is 2.72. The number of terminal acetylenes is 1. The van der Waals surface area contributed by atoms with Crippen LogP contribution in [0.4, 0.5) is 5.69 Å². The number of amides is 1. The number of ether oxygens (including phenoxy) is 1. The number of rotatable bonds is 3. The summed E-state index contributed by atoms with van der Waals surface area (Å²) in [4.78, 5) is 13.5. The van der Waals surface area contributed by atoms with Gasteiger partial charge >= 0.3 is 0 Å². The summed E-state index contributed by atoms with van der Waals surface area (Å²) in [6, 6.07) is 7.81. The fraction of sp³-hybridized carbons (Fsp3) is 0.357. The molecule has 1 amide bonds. The van der Waals surface area contributed by atoms with Gasteiger partial charge in [0.25, 0.3) is 0 Å². The van der Waals surface area contributed by atoms with Gasteiger partial charge in [0.1, 0.15) is 0 Å². The predicted octanol–water partition coefficient (Wildman–Crippen LogP) is 1.82. The van der Waals surface area contributed by atoms with Crippen LogP contribution in [0.5, 0.6) is 0 Å². The zero-order valence-electron chi connectivity index (χ0n) is 9.85. The van der Waals surface area contributed by atoms with E-state index in [4.69, 9.17) is 11.2 Å². The molecule has 1 aromatic carbocycles. The first-order valence-electron chi connectivity index (χ1n) is 5.59. The Hall–Kier alpha value is -1.79. The van der Waals surface area contributed by atoms with Crippen LogP contribution in [0, 0.1) is 18.3 Å². The summed E-state index contributed by atoms with van der Waals surface area (Å²) < 4.78 is 5.04. The van der Waals surface area contributed by atoms with Crippen molar-refractivity contribution in [2.45, 2.75) is 13.0 Å². The first-order valence-corrected chi connectivity index (χ1v) is 5.59. The Morgan fingerprint density at radius 3 is 2.71 bits per heavy atom. The zero-order chi connectivity index (χ0) is 12.3. The van der Waals surface area contributed by atoms with Crippen LogP contribution in [0.3, 0.4) is 0 Å². The molecule has 1 aliphatic heterocycles. The molecule has 3 heteroatoms. The summed E-state index contributed by atoms with van der Waals surface area (Å²) in [7, 11) is 1.66. The summed E-state index contributed by atoms with van der Waals surface area (Å²) in [5.74, 6) is 2.79. The van der Waals surface area contributed by atoms with E-state index in [0.29, 0.717) is 19.6 Å². The van der Waals surface area contributed by atoms with Crippen molar-refractivity contribution in [2.75, 3.05) is 18.6 Å². The molecule has 0 radical (unpaired) electrons. The van der Waals surface area contributed by atoms with Gasteiger partial charge in [-0.2, -0.15) is 0 Å². The summed E-state index contributed by atoms with van der Waals surface area (Å²) in [5.41, 5.74) is 2.00. The van der Waals surface area contributed by atoms with Gasteiger partial charge < -0.3 is 9.64 Å². The second kappa shape index (κ2) is 5.03. The second-order valence-corrected chi connectivity index (χ2v) is 4.17. The molecule has 0 saturated carbocycles. The standard InChI is InChI=1S/C14H15NO2/c1-3-11-8-14(16)15(9-11)13-6-4-12(5-7-13)10-17-2/h1,4-7,11H,8-10H2,2H3. The molecule has 3 nitrogen and oxygen atoms in total. The van der Waals surface area contributed by atoms with E-state index in [-0.39, 0.29) is 11.8 Å². The highest BCUT2D eigenvalue weighted by molar-refractivity contribution is 5.96. The number of nitrogens with zero attached hydrogens (tertiary/aromatic N) is 1. The molecule has 0 aromatic heterocycles. The number of hydrogen-bond acceptors (Lipinski definition) is 2. The molecule has 88 valence electrons. The number of carbonyl (C=O) groups is 1. The van der Waals surface area contributed by atoms with Crippen LogP contribution in [-0.4, -0.2) is 19.6 Å². The summed E-state index contributed by atoms with van der Waals surface area (Å²) >= 11 is 0. The van der Waals surface area contributed by atoms with Crippen molar-refractivity contribution in [3.8, 4) is 12.3 Å². The summed E-state index contributed by atoms with van der Waals surface area (Å²) in [6.45, 7) is 1.21. The fourth-order valence-corrected chi connectivity index (χ4v) is 2.01. The molecule has 17 heavy (non-hydrogen) atoms. The molecule has 1 saturated heterocycles. The third kappa shape index (κ3) is 2.48. The minimum absolute atomic E-state index is 0.0427. The van der Waals surface area contributed by atoms with Crippen molar-refractivity contribution in [3.05, 3.63) is 29.8 Å². The third-order valence-electron chi connectivity index (χ3n) is 2.92. The van der Waals surface area contributed by atoms with E-state index in [9.17, 15) is 4.79 Å².